The highest BCUT2D eigenvalue weighted by Crippen LogP contribution is 2.41. The second kappa shape index (κ2) is 12.7. The van der Waals surface area contributed by atoms with E-state index in [1.165, 1.54) is 0 Å². The first-order chi connectivity index (χ1) is 22.0. The zero-order valence-corrected chi connectivity index (χ0v) is 24.4. The maximum absolute atomic E-state index is 13.8. The van der Waals surface area contributed by atoms with E-state index in [1.54, 1.807) is 23.1 Å². The first-order valence-electron chi connectivity index (χ1n) is 14.7. The molecule has 1 saturated heterocycles. The fourth-order valence-electron chi connectivity index (χ4n) is 6.20. The highest BCUT2D eigenvalue weighted by molar-refractivity contribution is 5.95. The van der Waals surface area contributed by atoms with Crippen LogP contribution in [0.5, 0.6) is 11.5 Å². The van der Waals surface area contributed by atoms with E-state index in [0.29, 0.717) is 35.6 Å². The number of hydrogen-bond donors (Lipinski definition) is 0. The molecule has 0 spiro atoms. The summed E-state index contributed by atoms with van der Waals surface area (Å²) in [4.78, 5) is 15.5. The number of ether oxygens (including phenoxy) is 3. The number of rotatable bonds is 7. The van der Waals surface area contributed by atoms with Crippen LogP contribution in [0.15, 0.2) is 97.1 Å². The van der Waals surface area contributed by atoms with Gasteiger partial charge in [-0.15, -0.1) is 0 Å². The molecular formula is C35H29F6NO4. The average molecular weight is 642 g/mol. The molecule has 0 N–H and O–H groups in total. The van der Waals surface area contributed by atoms with Crippen LogP contribution in [-0.4, -0.2) is 36.8 Å². The van der Waals surface area contributed by atoms with Gasteiger partial charge in [0.2, 0.25) is 6.79 Å². The van der Waals surface area contributed by atoms with Crippen molar-refractivity contribution in [1.82, 2.24) is 4.90 Å². The molecule has 0 saturated carbocycles. The van der Waals surface area contributed by atoms with Gasteiger partial charge in [0.1, 0.15) is 0 Å². The zero-order valence-electron chi connectivity index (χ0n) is 24.4. The number of amides is 1. The third-order valence-corrected chi connectivity index (χ3v) is 8.36. The Morgan fingerprint density at radius 1 is 0.783 bits per heavy atom. The smallest absolute Gasteiger partial charge is 0.416 e. The molecule has 0 radical (unpaired) electrons. The van der Waals surface area contributed by atoms with E-state index in [-0.39, 0.29) is 43.3 Å². The van der Waals surface area contributed by atoms with Gasteiger partial charge in [-0.2, -0.15) is 26.3 Å². The van der Waals surface area contributed by atoms with Gasteiger partial charge in [-0.25, -0.2) is 0 Å². The molecule has 0 bridgehead atoms. The molecule has 240 valence electrons. The van der Waals surface area contributed by atoms with Crippen molar-refractivity contribution in [3.8, 4) is 11.5 Å². The van der Waals surface area contributed by atoms with Gasteiger partial charge in [0.25, 0.3) is 5.91 Å². The lowest BCUT2D eigenvalue weighted by Gasteiger charge is -2.42. The predicted molar refractivity (Wildman–Crippen MR) is 156 cm³/mol. The molecule has 0 unspecified atom stereocenters. The second-order valence-electron chi connectivity index (χ2n) is 11.3. The first-order valence-corrected chi connectivity index (χ1v) is 14.7. The van der Waals surface area contributed by atoms with E-state index < -0.39 is 42.1 Å². The number of nitrogens with zero attached hydrogens (tertiary/aromatic N) is 1. The van der Waals surface area contributed by atoms with Gasteiger partial charge in [0.15, 0.2) is 11.5 Å². The molecule has 2 aliphatic rings. The van der Waals surface area contributed by atoms with E-state index >= 15 is 0 Å². The molecule has 11 heteroatoms. The van der Waals surface area contributed by atoms with Crippen LogP contribution in [0.25, 0.3) is 0 Å². The van der Waals surface area contributed by atoms with Crippen LogP contribution in [-0.2, 0) is 23.7 Å². The summed E-state index contributed by atoms with van der Waals surface area (Å²) >= 11 is 0. The maximum atomic E-state index is 13.8. The summed E-state index contributed by atoms with van der Waals surface area (Å²) in [7, 11) is 0. The van der Waals surface area contributed by atoms with Crippen molar-refractivity contribution in [2.75, 3.05) is 19.9 Å². The monoisotopic (exact) mass is 641 g/mol. The van der Waals surface area contributed by atoms with Crippen molar-refractivity contribution >= 4 is 5.91 Å². The molecule has 4 aromatic rings. The SMILES string of the molecule is O=C(c1ccc2c(c1)OCO2)N1CC[C@@H](OCc2cc(C(F)(F)F)cc(C(F)(F)F)c2)[C@@H](C(c2ccccc2)c2ccccc2)C1. The summed E-state index contributed by atoms with van der Waals surface area (Å²) in [6, 6.07) is 25.6. The predicted octanol–water partition coefficient (Wildman–Crippen LogP) is 8.33. The van der Waals surface area contributed by atoms with Crippen LogP contribution in [0, 0.1) is 5.92 Å². The Hall–Kier alpha value is -4.51. The molecule has 2 aliphatic heterocycles. The van der Waals surface area contributed by atoms with E-state index in [2.05, 4.69) is 0 Å². The van der Waals surface area contributed by atoms with Gasteiger partial charge in [-0.05, 0) is 59.5 Å². The Morgan fingerprint density at radius 2 is 1.37 bits per heavy atom. The summed E-state index contributed by atoms with van der Waals surface area (Å²) in [6.45, 7) is 0.0778. The molecule has 2 atom stereocenters. The molecular weight excluding hydrogens is 612 g/mol. The Bertz CT molecular complexity index is 1600. The van der Waals surface area contributed by atoms with Gasteiger partial charge >= 0.3 is 12.4 Å². The molecule has 1 amide bonds. The zero-order chi connectivity index (χ0) is 32.5. The number of likely N-dealkylation sites (tertiary alicyclic amines) is 1. The summed E-state index contributed by atoms with van der Waals surface area (Å²) in [5, 5.41) is 0. The van der Waals surface area contributed by atoms with Gasteiger partial charge in [0, 0.05) is 30.5 Å². The van der Waals surface area contributed by atoms with Crippen molar-refractivity contribution < 1.29 is 45.3 Å². The number of fused-ring (bicyclic) bond motifs is 1. The summed E-state index contributed by atoms with van der Waals surface area (Å²) < 4.78 is 98.3. The van der Waals surface area contributed by atoms with E-state index in [1.807, 2.05) is 60.7 Å². The Kier molecular flexibility index (Phi) is 8.69. The molecule has 5 nitrogen and oxygen atoms in total. The third-order valence-electron chi connectivity index (χ3n) is 8.36. The maximum Gasteiger partial charge on any atom is 0.416 e. The summed E-state index contributed by atoms with van der Waals surface area (Å²) in [5.41, 5.74) is -0.759. The first kappa shape index (κ1) is 31.5. The molecule has 46 heavy (non-hydrogen) atoms. The fourth-order valence-corrected chi connectivity index (χ4v) is 6.20. The Labute approximate surface area is 261 Å². The van der Waals surface area contributed by atoms with E-state index in [4.69, 9.17) is 14.2 Å². The number of piperidine rings is 1. The summed E-state index contributed by atoms with van der Waals surface area (Å²) in [6.07, 6.45) is -10.2. The minimum Gasteiger partial charge on any atom is -0.454 e. The topological polar surface area (TPSA) is 48.0 Å². The number of alkyl halides is 6. The lowest BCUT2D eigenvalue weighted by atomic mass is 9.75. The van der Waals surface area contributed by atoms with Gasteiger partial charge in [-0.3, -0.25) is 4.79 Å². The standard InChI is InChI=1S/C35H29F6NO4/c36-34(37,38)26-15-22(16-27(18-26)35(39,40)41)20-44-29-13-14-42(33(43)25-11-12-30-31(17-25)46-21-45-30)19-28(29)32(23-7-3-1-4-8-23)24-9-5-2-6-10-24/h1-12,15-18,28-29,32H,13-14,19-21H2/t28-,29+/m0/s1. The van der Waals surface area contributed by atoms with Gasteiger partial charge < -0.3 is 19.1 Å². The lowest BCUT2D eigenvalue weighted by Crippen LogP contribution is -2.49. The molecule has 4 aromatic carbocycles. The normalized spacial score (nSPS) is 18.2. The summed E-state index contributed by atoms with van der Waals surface area (Å²) in [5.74, 6) is 0.0649. The van der Waals surface area contributed by atoms with Crippen molar-refractivity contribution in [2.45, 2.75) is 37.4 Å². The highest BCUT2D eigenvalue weighted by Gasteiger charge is 2.40. The minimum absolute atomic E-state index is 0.0595. The largest absolute Gasteiger partial charge is 0.454 e. The van der Waals surface area contributed by atoms with Crippen LogP contribution in [0.2, 0.25) is 0 Å². The number of benzene rings is 4. The van der Waals surface area contributed by atoms with Crippen molar-refractivity contribution in [3.63, 3.8) is 0 Å². The Morgan fingerprint density at radius 3 is 1.96 bits per heavy atom. The fraction of sp³-hybridized carbons (Fsp3) is 0.286. The number of carbonyl (C=O) groups is 1. The van der Waals surface area contributed by atoms with Crippen molar-refractivity contribution in [3.05, 3.63) is 130 Å². The Balaban J connectivity index is 1.33. The van der Waals surface area contributed by atoms with Crippen molar-refractivity contribution in [2.24, 2.45) is 5.92 Å². The second-order valence-corrected chi connectivity index (χ2v) is 11.3. The minimum atomic E-state index is -4.97. The molecule has 2 heterocycles. The highest BCUT2D eigenvalue weighted by atomic mass is 19.4. The van der Waals surface area contributed by atoms with Crippen LogP contribution in [0.3, 0.4) is 0 Å². The molecule has 0 aliphatic carbocycles. The van der Waals surface area contributed by atoms with Gasteiger partial charge in [-0.1, -0.05) is 60.7 Å². The van der Waals surface area contributed by atoms with Gasteiger partial charge in [0.05, 0.1) is 23.8 Å². The number of carbonyl (C=O) groups excluding carboxylic acids is 1. The molecule has 1 fully saturated rings. The molecule has 0 aromatic heterocycles. The average Bonchev–Trinajstić information content (AvgIpc) is 3.52. The number of halogens is 6. The lowest BCUT2D eigenvalue weighted by molar-refractivity contribution is -0.143. The van der Waals surface area contributed by atoms with Crippen LogP contribution >= 0.6 is 0 Å². The quantitative estimate of drug-likeness (QED) is 0.191. The van der Waals surface area contributed by atoms with Crippen LogP contribution in [0.4, 0.5) is 26.3 Å². The molecule has 6 rings (SSSR count). The van der Waals surface area contributed by atoms with E-state index in [9.17, 15) is 31.1 Å². The third kappa shape index (κ3) is 6.84. The van der Waals surface area contributed by atoms with E-state index in [0.717, 1.165) is 11.1 Å². The van der Waals surface area contributed by atoms with Crippen LogP contribution < -0.4 is 9.47 Å². The van der Waals surface area contributed by atoms with Crippen molar-refractivity contribution in [1.29, 1.82) is 0 Å². The van der Waals surface area contributed by atoms with Crippen LogP contribution in [0.1, 0.15) is 50.5 Å². The number of hydrogen-bond acceptors (Lipinski definition) is 4.